The molecule has 42 heavy (non-hydrogen) atoms. The van der Waals surface area contributed by atoms with Crippen LogP contribution >= 0.6 is 71.3 Å². The fourth-order valence-electron chi connectivity index (χ4n) is 4.32. The lowest BCUT2D eigenvalue weighted by molar-refractivity contribution is 0.308. The van der Waals surface area contributed by atoms with Gasteiger partial charge >= 0.3 is 0 Å². The van der Waals surface area contributed by atoms with Gasteiger partial charge < -0.3 is 9.47 Å². The van der Waals surface area contributed by atoms with E-state index in [1.807, 2.05) is 0 Å². The topological polar surface area (TPSA) is 18.5 Å². The number of hydrogen-bond acceptors (Lipinski definition) is 4. The molecule has 0 aliphatic rings. The van der Waals surface area contributed by atoms with Gasteiger partial charge in [-0.3, -0.25) is 0 Å². The molecule has 0 fully saturated rings. The highest BCUT2D eigenvalue weighted by atomic mass is 33.1. The van der Waals surface area contributed by atoms with Crippen LogP contribution in [-0.4, -0.2) is 33.5 Å². The maximum Gasteiger partial charge on any atom is 0.127 e. The van der Waals surface area contributed by atoms with Gasteiger partial charge in [-0.1, -0.05) is 156 Å². The van der Waals surface area contributed by atoms with Crippen LogP contribution in [0.1, 0.15) is 182 Å². The average Bonchev–Trinajstić information content (AvgIpc) is 3.00. The summed E-state index contributed by atoms with van der Waals surface area (Å²) in [5, 5.41) is 0. The van der Waals surface area contributed by atoms with Crippen molar-refractivity contribution >= 4 is 80.0 Å². The van der Waals surface area contributed by atoms with E-state index in [0.717, 1.165) is 22.0 Å². The summed E-state index contributed by atoms with van der Waals surface area (Å²) < 4.78 is 13.2. The summed E-state index contributed by atoms with van der Waals surface area (Å²) in [6.07, 6.45) is 32.2. The third-order valence-electron chi connectivity index (χ3n) is 6.98. The molecule has 0 unspecified atom stereocenters. The Morgan fingerprint density at radius 1 is 0.381 bits per heavy atom. The Labute approximate surface area is 294 Å². The first-order valence-corrected chi connectivity index (χ1v) is 22.2. The summed E-state index contributed by atoms with van der Waals surface area (Å²) in [4.78, 5) is 0. The van der Waals surface area contributed by atoms with Crippen molar-refractivity contribution in [3.05, 3.63) is 0 Å². The van der Waals surface area contributed by atoms with Crippen molar-refractivity contribution in [2.75, 3.05) is 24.7 Å². The molecule has 0 aliphatic carbocycles. The number of thiol groups is 6. The van der Waals surface area contributed by atoms with E-state index in [2.05, 4.69) is 76.3 Å². The largest absolute Gasteiger partial charge is 0.335 e. The van der Waals surface area contributed by atoms with E-state index in [4.69, 9.17) is 9.47 Å². The quantitative estimate of drug-likeness (QED) is 0.0211. The summed E-state index contributed by atoms with van der Waals surface area (Å²) in [5.74, 6) is 2.42. The molecule has 0 aromatic carbocycles. The lowest BCUT2D eigenvalue weighted by atomic mass is 10.1. The Kier molecular flexibility index (Phi) is 54.1. The van der Waals surface area contributed by atoms with Crippen LogP contribution in [0.5, 0.6) is 0 Å². The number of hydrogen-bond donors (Lipinski definition) is 6. The minimum atomic E-state index is 0.856. The van der Waals surface area contributed by atoms with E-state index in [1.165, 1.54) is 188 Å². The Morgan fingerprint density at radius 2 is 0.619 bits per heavy atom. The van der Waals surface area contributed by atoms with Crippen LogP contribution in [0.4, 0.5) is 0 Å². The standard InChI is InChI=1S/2C17H36OS2.H2S2/c2*1-3-5-7-9-11-13-15-18-17(19)20-16-14-12-10-8-6-4-2;1-2/h2*19-20H,3-16H2,1-2H3;1-2H. The van der Waals surface area contributed by atoms with E-state index in [-0.39, 0.29) is 0 Å². The molecule has 258 valence electrons. The Balaban J connectivity index is -0.000000683. The molecule has 0 atom stereocenters. The highest BCUT2D eigenvalue weighted by Gasteiger charge is 1.96. The van der Waals surface area contributed by atoms with Crippen molar-refractivity contribution in [2.45, 2.75) is 182 Å². The zero-order valence-electron chi connectivity index (χ0n) is 28.3. The Morgan fingerprint density at radius 3 is 0.905 bits per heavy atom. The fraction of sp³-hybridized carbons (Fsp3) is 0.941. The van der Waals surface area contributed by atoms with Gasteiger partial charge in [-0.2, -0.15) is 22.7 Å². The Bertz CT molecular complexity index is 486. The molecule has 0 aromatic rings. The number of rotatable bonds is 28. The first-order valence-electron chi connectivity index (χ1n) is 17.5. The van der Waals surface area contributed by atoms with Gasteiger partial charge in [0.2, 0.25) is 0 Å². The minimum absolute atomic E-state index is 0.856. The molecular weight excluding hydrogens is 633 g/mol. The molecule has 0 saturated carbocycles. The van der Waals surface area contributed by atoms with Crippen LogP contribution in [0.25, 0.3) is 0 Å². The average molecular weight is 707 g/mol. The summed E-state index contributed by atoms with van der Waals surface area (Å²) in [6.45, 7) is 10.8. The highest BCUT2D eigenvalue weighted by molar-refractivity contribution is 8.59. The molecule has 0 radical (unpaired) electrons. The first-order chi connectivity index (χ1) is 20.6. The molecule has 0 N–H and O–H groups in total. The molecule has 0 amide bonds. The van der Waals surface area contributed by atoms with Crippen LogP contribution in [0.2, 0.25) is 0 Å². The van der Waals surface area contributed by atoms with Crippen molar-refractivity contribution in [1.29, 1.82) is 0 Å². The van der Waals surface area contributed by atoms with E-state index in [0.29, 0.717) is 0 Å². The van der Waals surface area contributed by atoms with Crippen molar-refractivity contribution in [3.63, 3.8) is 0 Å². The molecule has 0 spiro atoms. The van der Waals surface area contributed by atoms with Gasteiger partial charge in [0.05, 0.1) is 13.2 Å². The van der Waals surface area contributed by atoms with Crippen molar-refractivity contribution in [3.8, 4) is 0 Å². The Hall–Kier alpha value is 1.76. The number of unbranched alkanes of at least 4 members (excludes halogenated alkanes) is 20. The van der Waals surface area contributed by atoms with E-state index in [9.17, 15) is 0 Å². The smallest absolute Gasteiger partial charge is 0.127 e. The summed E-state index contributed by atoms with van der Waals surface area (Å²) in [6, 6.07) is 0. The van der Waals surface area contributed by atoms with Gasteiger partial charge in [0.25, 0.3) is 0 Å². The lowest BCUT2D eigenvalue weighted by Crippen LogP contribution is -1.98. The molecule has 2 nitrogen and oxygen atoms in total. The van der Waals surface area contributed by atoms with Gasteiger partial charge in [-0.25, -0.2) is 0 Å². The first kappa shape index (κ1) is 48.2. The zero-order valence-corrected chi connectivity index (χ0v) is 33.7. The maximum absolute atomic E-state index is 5.66. The second-order valence-electron chi connectivity index (χ2n) is 11.1. The SMILES string of the molecule is CCCCCCCCOC(S)=[SH]CCCCCCCC.CCCCCCCCOC(S)=[SH]CCCCCCCC.SS. The van der Waals surface area contributed by atoms with Crippen LogP contribution < -0.4 is 0 Å². The molecule has 8 heteroatoms. The highest BCUT2D eigenvalue weighted by Crippen LogP contribution is 2.11. The van der Waals surface area contributed by atoms with Crippen LogP contribution in [-0.2, 0) is 9.47 Å². The van der Waals surface area contributed by atoms with Crippen molar-refractivity contribution in [2.24, 2.45) is 0 Å². The second-order valence-corrected chi connectivity index (χ2v) is 15.0. The zero-order chi connectivity index (χ0) is 31.8. The molecule has 0 bridgehead atoms. The molecule has 0 aromatic heterocycles. The normalized spacial score (nSPS) is 12.0. The molecule has 0 saturated heterocycles. The van der Waals surface area contributed by atoms with Gasteiger partial charge in [-0.05, 0) is 37.2 Å². The summed E-state index contributed by atoms with van der Waals surface area (Å²) in [7, 11) is 0. The van der Waals surface area contributed by atoms with Crippen LogP contribution in [0.15, 0.2) is 0 Å². The van der Waals surface area contributed by atoms with Gasteiger partial charge in [0.1, 0.15) is 8.77 Å². The minimum Gasteiger partial charge on any atom is -0.335 e. The number of ether oxygens (including phenoxy) is 2. The molecule has 0 heterocycles. The van der Waals surface area contributed by atoms with E-state index >= 15 is 0 Å². The predicted octanol–water partition coefficient (Wildman–Crippen LogP) is 13.2. The third-order valence-corrected chi connectivity index (χ3v) is 9.96. The maximum atomic E-state index is 5.66. The molecule has 0 rings (SSSR count). The monoisotopic (exact) mass is 706 g/mol. The predicted molar refractivity (Wildman–Crippen MR) is 219 cm³/mol. The van der Waals surface area contributed by atoms with Crippen molar-refractivity contribution in [1.82, 2.24) is 0 Å². The third kappa shape index (κ3) is 48.7. The second kappa shape index (κ2) is 47.2. The van der Waals surface area contributed by atoms with E-state index in [1.54, 1.807) is 0 Å². The van der Waals surface area contributed by atoms with Gasteiger partial charge in [0, 0.05) is 0 Å². The van der Waals surface area contributed by atoms with Gasteiger partial charge in [0.15, 0.2) is 0 Å². The summed E-state index contributed by atoms with van der Waals surface area (Å²) >= 11 is 17.9. The van der Waals surface area contributed by atoms with Crippen LogP contribution in [0, 0.1) is 0 Å². The van der Waals surface area contributed by atoms with E-state index < -0.39 is 0 Å². The molecule has 0 aliphatic heterocycles. The van der Waals surface area contributed by atoms with Crippen LogP contribution in [0.3, 0.4) is 0 Å². The molecular formula is C34H74O2S6. The lowest BCUT2D eigenvalue weighted by Gasteiger charge is -2.04. The van der Waals surface area contributed by atoms with Crippen molar-refractivity contribution < 1.29 is 9.47 Å². The van der Waals surface area contributed by atoms with Gasteiger partial charge in [-0.15, -0.1) is 48.6 Å². The fourth-order valence-corrected chi connectivity index (χ4v) is 6.61. The summed E-state index contributed by atoms with van der Waals surface area (Å²) in [5.41, 5.74) is 0.